The number of halogens is 2. The zero-order chi connectivity index (χ0) is 20.6. The van der Waals surface area contributed by atoms with Crippen molar-refractivity contribution in [1.82, 2.24) is 5.32 Å². The normalized spacial score (nSPS) is 14.4. The number of nitrogens with one attached hydrogen (secondary N) is 2. The van der Waals surface area contributed by atoms with Gasteiger partial charge in [-0.3, -0.25) is 9.59 Å². The van der Waals surface area contributed by atoms with Crippen molar-refractivity contribution in [2.24, 2.45) is 0 Å². The van der Waals surface area contributed by atoms with Gasteiger partial charge in [0.15, 0.2) is 0 Å². The molecule has 0 aromatic heterocycles. The molecule has 0 aliphatic heterocycles. The Morgan fingerprint density at radius 3 is 2.38 bits per heavy atom. The van der Waals surface area contributed by atoms with Crippen molar-refractivity contribution in [1.29, 1.82) is 0 Å². The van der Waals surface area contributed by atoms with Gasteiger partial charge in [0, 0.05) is 21.8 Å². The van der Waals surface area contributed by atoms with E-state index in [0.29, 0.717) is 27.0 Å². The number of carbonyl (C=O) groups excluding carboxylic acids is 2. The lowest BCUT2D eigenvalue weighted by Gasteiger charge is -2.23. The third-order valence-corrected chi connectivity index (χ3v) is 6.59. The molecule has 7 heteroatoms. The third-order valence-electron chi connectivity index (χ3n) is 4.93. The first-order valence-electron chi connectivity index (χ1n) is 9.75. The number of rotatable bonds is 7. The lowest BCUT2D eigenvalue weighted by Crippen LogP contribution is -2.36. The topological polar surface area (TPSA) is 58.2 Å². The van der Waals surface area contributed by atoms with E-state index < -0.39 is 0 Å². The van der Waals surface area contributed by atoms with E-state index in [4.69, 9.17) is 23.2 Å². The number of benzene rings is 2. The van der Waals surface area contributed by atoms with E-state index >= 15 is 0 Å². The standard InChI is InChI=1S/C22H24Cl2N2O2S/c23-18-10-6-11-19(24)17(18)13-29-14-21(27)26-20-12-5-4-9-16(20)22(28)25-15-7-2-1-3-8-15/h4-6,9-12,15H,1-3,7-8,13-14H2,(H,25,28)(H,26,27). The molecule has 2 amide bonds. The zero-order valence-corrected chi connectivity index (χ0v) is 18.4. The van der Waals surface area contributed by atoms with Crippen molar-refractivity contribution in [3.05, 3.63) is 63.6 Å². The second kappa shape index (κ2) is 10.9. The Balaban J connectivity index is 1.55. The molecule has 1 saturated carbocycles. The molecule has 0 spiro atoms. The van der Waals surface area contributed by atoms with Gasteiger partial charge in [0.2, 0.25) is 5.91 Å². The van der Waals surface area contributed by atoms with Crippen molar-refractivity contribution in [2.75, 3.05) is 11.1 Å². The summed E-state index contributed by atoms with van der Waals surface area (Å²) in [6.45, 7) is 0. The van der Waals surface area contributed by atoms with E-state index in [1.165, 1.54) is 18.2 Å². The van der Waals surface area contributed by atoms with Crippen LogP contribution in [0.25, 0.3) is 0 Å². The molecule has 0 radical (unpaired) electrons. The Bertz CT molecular complexity index is 849. The molecule has 2 N–H and O–H groups in total. The van der Waals surface area contributed by atoms with Gasteiger partial charge < -0.3 is 10.6 Å². The van der Waals surface area contributed by atoms with Gasteiger partial charge in [-0.25, -0.2) is 0 Å². The highest BCUT2D eigenvalue weighted by Gasteiger charge is 2.19. The summed E-state index contributed by atoms with van der Waals surface area (Å²) < 4.78 is 0. The fourth-order valence-electron chi connectivity index (χ4n) is 3.40. The minimum absolute atomic E-state index is 0.136. The first kappa shape index (κ1) is 22.0. The van der Waals surface area contributed by atoms with Crippen LogP contribution in [-0.2, 0) is 10.5 Å². The van der Waals surface area contributed by atoms with Crippen LogP contribution in [0.3, 0.4) is 0 Å². The number of thioether (sulfide) groups is 1. The summed E-state index contributed by atoms with van der Waals surface area (Å²) in [5, 5.41) is 7.14. The van der Waals surface area contributed by atoms with Crippen LogP contribution in [0, 0.1) is 0 Å². The van der Waals surface area contributed by atoms with E-state index in [1.807, 2.05) is 6.07 Å². The number of carbonyl (C=O) groups is 2. The highest BCUT2D eigenvalue weighted by atomic mass is 35.5. The minimum atomic E-state index is -0.170. The maximum atomic E-state index is 12.7. The SMILES string of the molecule is O=C(CSCc1c(Cl)cccc1Cl)Nc1ccccc1C(=O)NC1CCCCC1. The maximum Gasteiger partial charge on any atom is 0.253 e. The molecule has 3 rings (SSSR count). The lowest BCUT2D eigenvalue weighted by molar-refractivity contribution is -0.113. The number of anilines is 1. The van der Waals surface area contributed by atoms with Crippen molar-refractivity contribution >= 4 is 52.5 Å². The Morgan fingerprint density at radius 1 is 0.966 bits per heavy atom. The summed E-state index contributed by atoms with van der Waals surface area (Å²) >= 11 is 13.8. The van der Waals surface area contributed by atoms with Gasteiger partial charge in [0.05, 0.1) is 17.0 Å². The molecule has 0 heterocycles. The Kier molecular flexibility index (Phi) is 8.28. The number of amides is 2. The van der Waals surface area contributed by atoms with Gasteiger partial charge >= 0.3 is 0 Å². The Hall–Kier alpha value is -1.69. The van der Waals surface area contributed by atoms with Crippen molar-refractivity contribution in [2.45, 2.75) is 43.9 Å². The molecule has 154 valence electrons. The molecular weight excluding hydrogens is 427 g/mol. The molecule has 4 nitrogen and oxygen atoms in total. The molecule has 0 atom stereocenters. The number of para-hydroxylation sites is 1. The molecule has 1 aliphatic carbocycles. The van der Waals surface area contributed by atoms with E-state index in [-0.39, 0.29) is 23.6 Å². The average Bonchev–Trinajstić information content (AvgIpc) is 2.71. The van der Waals surface area contributed by atoms with Crippen LogP contribution >= 0.6 is 35.0 Å². The monoisotopic (exact) mass is 450 g/mol. The van der Waals surface area contributed by atoms with Gasteiger partial charge in [-0.2, -0.15) is 0 Å². The smallest absolute Gasteiger partial charge is 0.253 e. The first-order valence-corrected chi connectivity index (χ1v) is 11.7. The second-order valence-corrected chi connectivity index (χ2v) is 8.90. The molecule has 0 bridgehead atoms. The first-order chi connectivity index (χ1) is 14.0. The molecule has 2 aromatic carbocycles. The van der Waals surface area contributed by atoms with E-state index in [9.17, 15) is 9.59 Å². The summed E-state index contributed by atoms with van der Waals surface area (Å²) in [7, 11) is 0. The van der Waals surface area contributed by atoms with Gasteiger partial charge in [0.25, 0.3) is 5.91 Å². The van der Waals surface area contributed by atoms with Gasteiger partial charge in [-0.1, -0.05) is 60.7 Å². The highest BCUT2D eigenvalue weighted by Crippen LogP contribution is 2.28. The van der Waals surface area contributed by atoms with Crippen LogP contribution in [0.4, 0.5) is 5.69 Å². The number of hydrogen-bond donors (Lipinski definition) is 2. The summed E-state index contributed by atoms with van der Waals surface area (Å²) in [6.07, 6.45) is 5.56. The van der Waals surface area contributed by atoms with Crippen molar-refractivity contribution in [3.63, 3.8) is 0 Å². The molecule has 2 aromatic rings. The fourth-order valence-corrected chi connectivity index (χ4v) is 4.97. The summed E-state index contributed by atoms with van der Waals surface area (Å²) in [4.78, 5) is 25.1. The van der Waals surface area contributed by atoms with Crippen LogP contribution < -0.4 is 10.6 Å². The van der Waals surface area contributed by atoms with Crippen LogP contribution in [0.1, 0.15) is 48.0 Å². The van der Waals surface area contributed by atoms with Crippen molar-refractivity contribution in [3.8, 4) is 0 Å². The molecule has 1 fully saturated rings. The van der Waals surface area contributed by atoms with Crippen molar-refractivity contribution < 1.29 is 9.59 Å². The van der Waals surface area contributed by atoms with Crippen LogP contribution in [0.2, 0.25) is 10.0 Å². The molecule has 0 saturated heterocycles. The maximum absolute atomic E-state index is 12.7. The molecular formula is C22H24Cl2N2O2S. The van der Waals surface area contributed by atoms with Gasteiger partial charge in [-0.05, 0) is 42.7 Å². The number of hydrogen-bond acceptors (Lipinski definition) is 3. The lowest BCUT2D eigenvalue weighted by atomic mass is 9.95. The largest absolute Gasteiger partial charge is 0.349 e. The Morgan fingerprint density at radius 2 is 1.66 bits per heavy atom. The van der Waals surface area contributed by atoms with Crippen LogP contribution in [-0.4, -0.2) is 23.6 Å². The third kappa shape index (κ3) is 6.39. The quantitative estimate of drug-likeness (QED) is 0.549. The van der Waals surface area contributed by atoms with E-state index in [1.54, 1.807) is 36.4 Å². The van der Waals surface area contributed by atoms with E-state index in [2.05, 4.69) is 10.6 Å². The predicted molar refractivity (Wildman–Crippen MR) is 122 cm³/mol. The highest BCUT2D eigenvalue weighted by molar-refractivity contribution is 7.99. The van der Waals surface area contributed by atoms with Crippen LogP contribution in [0.15, 0.2) is 42.5 Å². The Labute approximate surface area is 185 Å². The van der Waals surface area contributed by atoms with E-state index in [0.717, 1.165) is 31.2 Å². The minimum Gasteiger partial charge on any atom is -0.349 e. The molecule has 29 heavy (non-hydrogen) atoms. The summed E-state index contributed by atoms with van der Waals surface area (Å²) in [5.74, 6) is 0.468. The average molecular weight is 451 g/mol. The van der Waals surface area contributed by atoms with Gasteiger partial charge in [-0.15, -0.1) is 11.8 Å². The fraction of sp³-hybridized carbons (Fsp3) is 0.364. The zero-order valence-electron chi connectivity index (χ0n) is 16.0. The summed E-state index contributed by atoms with van der Waals surface area (Å²) in [5.41, 5.74) is 1.84. The molecule has 1 aliphatic rings. The summed E-state index contributed by atoms with van der Waals surface area (Å²) in [6, 6.07) is 12.7. The second-order valence-electron chi connectivity index (χ2n) is 7.10. The predicted octanol–water partition coefficient (Wildman–Crippen LogP) is 5.93. The van der Waals surface area contributed by atoms with Crippen LogP contribution in [0.5, 0.6) is 0 Å². The van der Waals surface area contributed by atoms with Gasteiger partial charge in [0.1, 0.15) is 0 Å². The molecule has 0 unspecified atom stereocenters.